The quantitative estimate of drug-likeness (QED) is 0.519. The molecule has 2 aromatic carbocycles. The second-order valence-electron chi connectivity index (χ2n) is 7.97. The zero-order valence-corrected chi connectivity index (χ0v) is 19.6. The van der Waals surface area contributed by atoms with Crippen LogP contribution in [0.4, 0.5) is 5.95 Å². The minimum Gasteiger partial charge on any atom is -0.496 e. The molecule has 1 unspecified atom stereocenters. The van der Waals surface area contributed by atoms with E-state index in [1.165, 1.54) is 17.3 Å². The summed E-state index contributed by atoms with van der Waals surface area (Å²) in [4.78, 5) is 15.0. The van der Waals surface area contributed by atoms with Crippen LogP contribution in [0.5, 0.6) is 5.75 Å². The number of carbonyl (C=O) groups excluding carboxylic acids is 1. The molecule has 1 aromatic heterocycles. The minimum absolute atomic E-state index is 0.0606. The Bertz CT molecular complexity index is 1060. The largest absolute Gasteiger partial charge is 0.496 e. The summed E-state index contributed by atoms with van der Waals surface area (Å²) in [7, 11) is 1.64. The van der Waals surface area contributed by atoms with E-state index in [1.807, 2.05) is 31.2 Å². The Hall–Kier alpha value is -3.00. The Labute approximate surface area is 193 Å². The standard InChI is InChI=1S/C24H29N5O2S/c1-17-10-12-19(13-11-17)29-23(28-14-6-7-15-28)26-27-24(29)32-16-22(30)25-18(2)20-8-4-5-9-21(20)31-3/h4-5,8-13,18H,6-7,14-16H2,1-3H3,(H,25,30). The Morgan fingerprint density at radius 3 is 2.56 bits per heavy atom. The number of amides is 1. The fourth-order valence-corrected chi connectivity index (χ4v) is 4.67. The second-order valence-corrected chi connectivity index (χ2v) is 8.91. The average molecular weight is 452 g/mol. The van der Waals surface area contributed by atoms with Gasteiger partial charge in [0.25, 0.3) is 0 Å². The van der Waals surface area contributed by atoms with Crippen molar-refractivity contribution in [1.82, 2.24) is 20.1 Å². The van der Waals surface area contributed by atoms with Gasteiger partial charge in [0, 0.05) is 18.7 Å². The van der Waals surface area contributed by atoms with Gasteiger partial charge in [0.05, 0.1) is 24.6 Å². The number of nitrogens with zero attached hydrogens (tertiary/aromatic N) is 4. The van der Waals surface area contributed by atoms with Crippen molar-refractivity contribution >= 4 is 23.6 Å². The maximum Gasteiger partial charge on any atom is 0.232 e. The maximum atomic E-state index is 12.7. The Kier molecular flexibility index (Phi) is 6.99. The molecular formula is C24H29N5O2S. The van der Waals surface area contributed by atoms with Gasteiger partial charge in [-0.2, -0.15) is 0 Å². The predicted molar refractivity (Wildman–Crippen MR) is 128 cm³/mol. The minimum atomic E-state index is -0.158. The van der Waals surface area contributed by atoms with Gasteiger partial charge in [-0.3, -0.25) is 9.36 Å². The predicted octanol–water partition coefficient (Wildman–Crippen LogP) is 4.15. The van der Waals surface area contributed by atoms with Crippen LogP contribution < -0.4 is 15.0 Å². The van der Waals surface area contributed by atoms with Gasteiger partial charge in [-0.05, 0) is 44.9 Å². The number of rotatable bonds is 8. The summed E-state index contributed by atoms with van der Waals surface area (Å²) in [5, 5.41) is 12.7. The summed E-state index contributed by atoms with van der Waals surface area (Å²) in [6.45, 7) is 5.98. The molecule has 1 N–H and O–H groups in total. The average Bonchev–Trinajstić information content (AvgIpc) is 3.48. The molecular weight excluding hydrogens is 422 g/mol. The van der Waals surface area contributed by atoms with Crippen LogP contribution in [0.2, 0.25) is 0 Å². The summed E-state index contributed by atoms with van der Waals surface area (Å²) >= 11 is 1.40. The van der Waals surface area contributed by atoms with Crippen molar-refractivity contribution in [1.29, 1.82) is 0 Å². The van der Waals surface area contributed by atoms with Crippen LogP contribution in [-0.4, -0.2) is 46.6 Å². The fraction of sp³-hybridized carbons (Fsp3) is 0.375. The molecule has 1 aliphatic heterocycles. The van der Waals surface area contributed by atoms with Crippen LogP contribution in [0, 0.1) is 6.92 Å². The van der Waals surface area contributed by atoms with Crippen LogP contribution in [0.15, 0.2) is 53.7 Å². The number of thioether (sulfide) groups is 1. The van der Waals surface area contributed by atoms with Crippen molar-refractivity contribution < 1.29 is 9.53 Å². The molecule has 1 fully saturated rings. The molecule has 168 valence electrons. The fourth-order valence-electron chi connectivity index (χ4n) is 3.91. The number of ether oxygens (including phenoxy) is 1. The maximum absolute atomic E-state index is 12.7. The SMILES string of the molecule is COc1ccccc1C(C)NC(=O)CSc1nnc(N2CCCC2)n1-c1ccc(C)cc1. The topological polar surface area (TPSA) is 72.3 Å². The number of methoxy groups -OCH3 is 1. The van der Waals surface area contributed by atoms with Crippen LogP contribution in [0.25, 0.3) is 5.69 Å². The molecule has 1 aliphatic rings. The van der Waals surface area contributed by atoms with Gasteiger partial charge in [-0.25, -0.2) is 0 Å². The molecule has 7 nitrogen and oxygen atoms in total. The molecule has 1 amide bonds. The Morgan fingerprint density at radius 2 is 1.84 bits per heavy atom. The first-order valence-electron chi connectivity index (χ1n) is 10.9. The third kappa shape index (κ3) is 4.91. The van der Waals surface area contributed by atoms with Gasteiger partial charge < -0.3 is 15.0 Å². The summed E-state index contributed by atoms with van der Waals surface area (Å²) in [6, 6.07) is 15.9. The highest BCUT2D eigenvalue weighted by Crippen LogP contribution is 2.29. The molecule has 0 bridgehead atoms. The van der Waals surface area contributed by atoms with Crippen molar-refractivity contribution in [3.63, 3.8) is 0 Å². The van der Waals surface area contributed by atoms with Crippen molar-refractivity contribution in [3.05, 3.63) is 59.7 Å². The van der Waals surface area contributed by atoms with E-state index in [2.05, 4.69) is 56.2 Å². The molecule has 4 rings (SSSR count). The van der Waals surface area contributed by atoms with E-state index >= 15 is 0 Å². The number of hydrogen-bond donors (Lipinski definition) is 1. The molecule has 3 aromatic rings. The van der Waals surface area contributed by atoms with Gasteiger partial charge in [-0.15, -0.1) is 10.2 Å². The third-order valence-corrected chi connectivity index (χ3v) is 6.54. The summed E-state index contributed by atoms with van der Waals surface area (Å²) < 4.78 is 7.48. The molecule has 0 aliphatic carbocycles. The number of nitrogens with one attached hydrogen (secondary N) is 1. The third-order valence-electron chi connectivity index (χ3n) is 5.61. The van der Waals surface area contributed by atoms with Gasteiger partial charge >= 0.3 is 0 Å². The van der Waals surface area contributed by atoms with E-state index in [-0.39, 0.29) is 17.7 Å². The van der Waals surface area contributed by atoms with Gasteiger partial charge in [0.15, 0.2) is 5.16 Å². The lowest BCUT2D eigenvalue weighted by Gasteiger charge is -2.19. The van der Waals surface area contributed by atoms with Crippen molar-refractivity contribution in [3.8, 4) is 11.4 Å². The normalized spacial score (nSPS) is 14.4. The van der Waals surface area contributed by atoms with E-state index in [0.29, 0.717) is 0 Å². The van der Waals surface area contributed by atoms with Crippen molar-refractivity contribution in [2.24, 2.45) is 0 Å². The first-order chi connectivity index (χ1) is 15.6. The number of para-hydroxylation sites is 1. The number of hydrogen-bond acceptors (Lipinski definition) is 6. The zero-order valence-electron chi connectivity index (χ0n) is 18.7. The first-order valence-corrected chi connectivity index (χ1v) is 11.9. The number of anilines is 1. The van der Waals surface area contributed by atoms with E-state index in [9.17, 15) is 4.79 Å². The van der Waals surface area contributed by atoms with E-state index in [0.717, 1.165) is 54.0 Å². The van der Waals surface area contributed by atoms with Crippen molar-refractivity contribution in [2.45, 2.75) is 37.9 Å². The highest BCUT2D eigenvalue weighted by molar-refractivity contribution is 7.99. The van der Waals surface area contributed by atoms with Gasteiger partial charge in [-0.1, -0.05) is 47.7 Å². The molecule has 32 heavy (non-hydrogen) atoms. The van der Waals surface area contributed by atoms with E-state index < -0.39 is 0 Å². The monoisotopic (exact) mass is 451 g/mol. The molecule has 0 saturated carbocycles. The van der Waals surface area contributed by atoms with Crippen molar-refractivity contribution in [2.75, 3.05) is 30.9 Å². The van der Waals surface area contributed by atoms with Gasteiger partial charge in [0.2, 0.25) is 11.9 Å². The highest BCUT2D eigenvalue weighted by Gasteiger charge is 2.23. The summed E-state index contributed by atoms with van der Waals surface area (Å²) in [5.41, 5.74) is 3.16. The number of carbonyl (C=O) groups is 1. The van der Waals surface area contributed by atoms with E-state index in [1.54, 1.807) is 7.11 Å². The molecule has 8 heteroatoms. The molecule has 1 saturated heterocycles. The lowest BCUT2D eigenvalue weighted by molar-refractivity contribution is -0.119. The van der Waals surface area contributed by atoms with E-state index in [4.69, 9.17) is 4.74 Å². The summed E-state index contributed by atoms with van der Waals surface area (Å²) in [6.07, 6.45) is 2.32. The van der Waals surface area contributed by atoms with Crippen LogP contribution in [0.3, 0.4) is 0 Å². The lowest BCUT2D eigenvalue weighted by atomic mass is 10.1. The highest BCUT2D eigenvalue weighted by atomic mass is 32.2. The zero-order chi connectivity index (χ0) is 22.5. The van der Waals surface area contributed by atoms with Gasteiger partial charge in [0.1, 0.15) is 5.75 Å². The smallest absolute Gasteiger partial charge is 0.232 e. The number of aryl methyl sites for hydroxylation is 1. The lowest BCUT2D eigenvalue weighted by Crippen LogP contribution is -2.28. The van der Waals surface area contributed by atoms with Crippen LogP contribution in [0.1, 0.15) is 36.9 Å². The molecule has 1 atom stereocenters. The van der Waals surface area contributed by atoms with Crippen LogP contribution in [-0.2, 0) is 4.79 Å². The number of benzene rings is 2. The first kappa shape index (κ1) is 22.2. The number of aromatic nitrogens is 3. The Balaban J connectivity index is 1.49. The Morgan fingerprint density at radius 1 is 1.12 bits per heavy atom. The summed E-state index contributed by atoms with van der Waals surface area (Å²) in [5.74, 6) is 1.80. The molecule has 0 radical (unpaired) electrons. The molecule has 2 heterocycles. The second kappa shape index (κ2) is 10.1. The van der Waals surface area contributed by atoms with Crippen LogP contribution >= 0.6 is 11.8 Å². The molecule has 0 spiro atoms.